The van der Waals surface area contributed by atoms with Crippen LogP contribution in [0.5, 0.6) is 0 Å². The molecule has 0 radical (unpaired) electrons. The maximum Gasteiger partial charge on any atom is 0.246 e. The molecule has 0 bridgehead atoms. The van der Waals surface area contributed by atoms with Gasteiger partial charge in [0.15, 0.2) is 0 Å². The standard InChI is InChI=1S/C17H23NO/c1-3-16-9-4-5-12-18(16)17(19)11-10-15-8-6-7-14(2)13-15/h6-8,10-11,13,16H,3-5,9,12H2,1-2H3/b11-10+. The average Bonchev–Trinajstić information content (AvgIpc) is 2.45. The maximum absolute atomic E-state index is 12.3. The Labute approximate surface area is 116 Å². The summed E-state index contributed by atoms with van der Waals surface area (Å²) in [6.07, 6.45) is 8.26. The summed E-state index contributed by atoms with van der Waals surface area (Å²) in [4.78, 5) is 14.3. The Bertz CT molecular complexity index is 464. The van der Waals surface area contributed by atoms with E-state index in [1.165, 1.54) is 12.0 Å². The number of nitrogens with zero attached hydrogens (tertiary/aromatic N) is 1. The third kappa shape index (κ3) is 3.69. The van der Waals surface area contributed by atoms with Gasteiger partial charge in [0.05, 0.1) is 0 Å². The second-order valence-electron chi connectivity index (χ2n) is 5.34. The summed E-state index contributed by atoms with van der Waals surface area (Å²) in [5.74, 6) is 0.160. The second-order valence-corrected chi connectivity index (χ2v) is 5.34. The molecule has 0 aromatic heterocycles. The first-order chi connectivity index (χ1) is 9.20. The number of likely N-dealkylation sites (tertiary alicyclic amines) is 1. The van der Waals surface area contributed by atoms with Crippen molar-refractivity contribution in [3.05, 3.63) is 41.5 Å². The van der Waals surface area contributed by atoms with Crippen molar-refractivity contribution in [2.45, 2.75) is 45.6 Å². The summed E-state index contributed by atoms with van der Waals surface area (Å²) in [6, 6.07) is 8.65. The molecule has 0 saturated carbocycles. The van der Waals surface area contributed by atoms with Crippen molar-refractivity contribution in [3.8, 4) is 0 Å². The molecule has 1 aromatic rings. The minimum atomic E-state index is 0.160. The van der Waals surface area contributed by atoms with E-state index in [1.807, 2.05) is 23.1 Å². The summed E-state index contributed by atoms with van der Waals surface area (Å²) in [5.41, 5.74) is 2.32. The summed E-state index contributed by atoms with van der Waals surface area (Å²) in [7, 11) is 0. The Kier molecular flexibility index (Phi) is 4.78. The van der Waals surface area contributed by atoms with Crippen LogP contribution >= 0.6 is 0 Å². The van der Waals surface area contributed by atoms with Crippen LogP contribution in [-0.4, -0.2) is 23.4 Å². The number of piperidine rings is 1. The van der Waals surface area contributed by atoms with Crippen LogP contribution in [0, 0.1) is 6.92 Å². The predicted octanol–water partition coefficient (Wildman–Crippen LogP) is 3.80. The molecule has 1 aliphatic rings. The molecule has 19 heavy (non-hydrogen) atoms. The normalized spacial score (nSPS) is 19.9. The number of rotatable bonds is 3. The van der Waals surface area contributed by atoms with Gasteiger partial charge in [-0.15, -0.1) is 0 Å². The minimum absolute atomic E-state index is 0.160. The number of hydrogen-bond acceptors (Lipinski definition) is 1. The molecule has 2 rings (SSSR count). The van der Waals surface area contributed by atoms with Crippen LogP contribution < -0.4 is 0 Å². The lowest BCUT2D eigenvalue weighted by molar-refractivity contribution is -0.129. The molecule has 1 unspecified atom stereocenters. The van der Waals surface area contributed by atoms with Gasteiger partial charge in [-0.25, -0.2) is 0 Å². The molecular weight excluding hydrogens is 234 g/mol. The number of carbonyl (C=O) groups excluding carboxylic acids is 1. The quantitative estimate of drug-likeness (QED) is 0.754. The number of benzene rings is 1. The SMILES string of the molecule is CCC1CCCCN1C(=O)/C=C/c1cccc(C)c1. The zero-order valence-corrected chi connectivity index (χ0v) is 11.9. The summed E-state index contributed by atoms with van der Waals surface area (Å²) in [6.45, 7) is 5.15. The second kappa shape index (κ2) is 6.55. The maximum atomic E-state index is 12.3. The van der Waals surface area contributed by atoms with E-state index < -0.39 is 0 Å². The molecule has 0 aliphatic carbocycles. The van der Waals surface area contributed by atoms with Crippen LogP contribution in [0.2, 0.25) is 0 Å². The van der Waals surface area contributed by atoms with Gasteiger partial charge in [0.2, 0.25) is 5.91 Å². The smallest absolute Gasteiger partial charge is 0.246 e. The van der Waals surface area contributed by atoms with Gasteiger partial charge in [0, 0.05) is 18.7 Å². The third-order valence-electron chi connectivity index (χ3n) is 3.84. The summed E-state index contributed by atoms with van der Waals surface area (Å²) in [5, 5.41) is 0. The first-order valence-corrected chi connectivity index (χ1v) is 7.26. The zero-order chi connectivity index (χ0) is 13.7. The van der Waals surface area contributed by atoms with E-state index in [-0.39, 0.29) is 5.91 Å². The summed E-state index contributed by atoms with van der Waals surface area (Å²) < 4.78 is 0. The van der Waals surface area contributed by atoms with Gasteiger partial charge >= 0.3 is 0 Å². The van der Waals surface area contributed by atoms with Gasteiger partial charge in [-0.05, 0) is 44.2 Å². The third-order valence-corrected chi connectivity index (χ3v) is 3.84. The number of aryl methyl sites for hydroxylation is 1. The first-order valence-electron chi connectivity index (χ1n) is 7.26. The molecule has 2 heteroatoms. The van der Waals surface area contributed by atoms with Crippen LogP contribution in [-0.2, 0) is 4.79 Å². The Morgan fingerprint density at radius 1 is 1.42 bits per heavy atom. The topological polar surface area (TPSA) is 20.3 Å². The van der Waals surface area contributed by atoms with E-state index in [0.29, 0.717) is 6.04 Å². The van der Waals surface area contributed by atoms with E-state index >= 15 is 0 Å². The van der Waals surface area contributed by atoms with E-state index in [0.717, 1.165) is 31.4 Å². The highest BCUT2D eigenvalue weighted by atomic mass is 16.2. The fourth-order valence-corrected chi connectivity index (χ4v) is 2.75. The Morgan fingerprint density at radius 2 is 2.26 bits per heavy atom. The Balaban J connectivity index is 2.03. The number of carbonyl (C=O) groups is 1. The monoisotopic (exact) mass is 257 g/mol. The highest BCUT2D eigenvalue weighted by Gasteiger charge is 2.23. The molecule has 2 nitrogen and oxygen atoms in total. The van der Waals surface area contributed by atoms with Crippen molar-refractivity contribution >= 4 is 12.0 Å². The van der Waals surface area contributed by atoms with E-state index in [4.69, 9.17) is 0 Å². The van der Waals surface area contributed by atoms with Gasteiger partial charge in [0.1, 0.15) is 0 Å². The van der Waals surface area contributed by atoms with Crippen molar-refractivity contribution in [1.82, 2.24) is 4.90 Å². The van der Waals surface area contributed by atoms with Crippen molar-refractivity contribution in [2.75, 3.05) is 6.54 Å². The molecule has 0 spiro atoms. The highest BCUT2D eigenvalue weighted by molar-refractivity contribution is 5.92. The summed E-state index contributed by atoms with van der Waals surface area (Å²) >= 11 is 0. The first kappa shape index (κ1) is 13.9. The van der Waals surface area contributed by atoms with Gasteiger partial charge in [-0.1, -0.05) is 36.8 Å². The average molecular weight is 257 g/mol. The van der Waals surface area contributed by atoms with Gasteiger partial charge in [-0.3, -0.25) is 4.79 Å². The van der Waals surface area contributed by atoms with Gasteiger partial charge in [-0.2, -0.15) is 0 Å². The lowest BCUT2D eigenvalue weighted by atomic mass is 10.00. The van der Waals surface area contributed by atoms with Crippen molar-refractivity contribution < 1.29 is 4.79 Å². The van der Waals surface area contributed by atoms with Crippen molar-refractivity contribution in [2.24, 2.45) is 0 Å². The lowest BCUT2D eigenvalue weighted by Crippen LogP contribution is -2.42. The largest absolute Gasteiger partial charge is 0.336 e. The van der Waals surface area contributed by atoms with E-state index in [2.05, 4.69) is 26.0 Å². The zero-order valence-electron chi connectivity index (χ0n) is 11.9. The molecule has 0 N–H and O–H groups in total. The highest BCUT2D eigenvalue weighted by Crippen LogP contribution is 2.20. The Hall–Kier alpha value is -1.57. The van der Waals surface area contributed by atoms with E-state index in [1.54, 1.807) is 6.08 Å². The van der Waals surface area contributed by atoms with E-state index in [9.17, 15) is 4.79 Å². The number of hydrogen-bond donors (Lipinski definition) is 0. The molecule has 1 atom stereocenters. The molecular formula is C17H23NO. The predicted molar refractivity (Wildman–Crippen MR) is 79.9 cm³/mol. The van der Waals surface area contributed by atoms with Gasteiger partial charge in [0.25, 0.3) is 0 Å². The van der Waals surface area contributed by atoms with Crippen molar-refractivity contribution in [1.29, 1.82) is 0 Å². The van der Waals surface area contributed by atoms with Crippen LogP contribution in [0.25, 0.3) is 6.08 Å². The lowest BCUT2D eigenvalue weighted by Gasteiger charge is -2.34. The van der Waals surface area contributed by atoms with Crippen LogP contribution in [0.15, 0.2) is 30.3 Å². The van der Waals surface area contributed by atoms with Crippen molar-refractivity contribution in [3.63, 3.8) is 0 Å². The van der Waals surface area contributed by atoms with Crippen LogP contribution in [0.4, 0.5) is 0 Å². The fraction of sp³-hybridized carbons (Fsp3) is 0.471. The molecule has 1 saturated heterocycles. The Morgan fingerprint density at radius 3 is 3.00 bits per heavy atom. The molecule has 1 heterocycles. The molecule has 1 aromatic carbocycles. The minimum Gasteiger partial charge on any atom is -0.336 e. The fourth-order valence-electron chi connectivity index (χ4n) is 2.75. The molecule has 1 amide bonds. The molecule has 1 aliphatic heterocycles. The van der Waals surface area contributed by atoms with Crippen LogP contribution in [0.1, 0.15) is 43.7 Å². The molecule has 1 fully saturated rings. The molecule has 102 valence electrons. The van der Waals surface area contributed by atoms with Crippen LogP contribution in [0.3, 0.4) is 0 Å². The number of amides is 1. The van der Waals surface area contributed by atoms with Gasteiger partial charge < -0.3 is 4.90 Å².